The zero-order chi connectivity index (χ0) is 12.1. The molecule has 0 aromatic heterocycles. The van der Waals surface area contributed by atoms with Gasteiger partial charge in [-0.2, -0.15) is 0 Å². The molecule has 3 nitrogen and oxygen atoms in total. The molecule has 1 rings (SSSR count). The fourth-order valence-electron chi connectivity index (χ4n) is 1.37. The molecule has 0 spiro atoms. The summed E-state index contributed by atoms with van der Waals surface area (Å²) in [6.45, 7) is 0.578. The maximum Gasteiger partial charge on any atom is 0.142 e. The Morgan fingerprint density at radius 1 is 1.44 bits per heavy atom. The third-order valence-electron chi connectivity index (χ3n) is 2.34. The van der Waals surface area contributed by atoms with Crippen molar-refractivity contribution in [2.75, 3.05) is 13.6 Å². The van der Waals surface area contributed by atoms with Crippen LogP contribution in [0.3, 0.4) is 0 Å². The van der Waals surface area contributed by atoms with Gasteiger partial charge in [0.25, 0.3) is 0 Å². The molecule has 0 radical (unpaired) electrons. The number of rotatable bonds is 5. The number of hydrogen-bond donors (Lipinski definition) is 3. The molecule has 90 valence electrons. The Morgan fingerprint density at radius 3 is 2.69 bits per heavy atom. The number of aliphatic hydroxyl groups excluding tert-OH is 2. The Morgan fingerprint density at radius 2 is 2.12 bits per heavy atom. The minimum Gasteiger partial charge on any atom is -0.390 e. The number of hydrogen-bond acceptors (Lipinski definition) is 3. The highest BCUT2D eigenvalue weighted by atomic mass is 35.5. The van der Waals surface area contributed by atoms with Gasteiger partial charge < -0.3 is 15.5 Å². The van der Waals surface area contributed by atoms with Gasteiger partial charge in [0.15, 0.2) is 0 Å². The Balaban J connectivity index is 2.71. The van der Waals surface area contributed by atoms with Crippen LogP contribution in [0.4, 0.5) is 4.39 Å². The van der Waals surface area contributed by atoms with Crippen molar-refractivity contribution in [2.45, 2.75) is 18.6 Å². The summed E-state index contributed by atoms with van der Waals surface area (Å²) in [6.07, 6.45) is -1.63. The highest BCUT2D eigenvalue weighted by Crippen LogP contribution is 2.23. The molecule has 0 aliphatic rings. The summed E-state index contributed by atoms with van der Waals surface area (Å²) in [5.41, 5.74) is 0.325. The molecule has 0 heterocycles. The summed E-state index contributed by atoms with van der Waals surface area (Å²) in [7, 11) is 1.75. The molecule has 5 heteroatoms. The highest BCUT2D eigenvalue weighted by molar-refractivity contribution is 6.30. The molecule has 0 bridgehead atoms. The maximum atomic E-state index is 13.1. The van der Waals surface area contributed by atoms with Gasteiger partial charge in [0, 0.05) is 0 Å². The smallest absolute Gasteiger partial charge is 0.142 e. The standard InChI is InChI=1S/C11H15ClFNO2/c1-14-5-4-10(15)11(16)7-2-3-8(12)9(13)6-7/h2-3,6,10-11,14-16H,4-5H2,1H3. The van der Waals surface area contributed by atoms with E-state index < -0.39 is 18.0 Å². The van der Waals surface area contributed by atoms with Crippen LogP contribution in [0, 0.1) is 5.82 Å². The van der Waals surface area contributed by atoms with E-state index in [2.05, 4.69) is 5.32 Å². The molecule has 0 aliphatic heterocycles. The normalized spacial score (nSPS) is 14.8. The maximum absolute atomic E-state index is 13.1. The largest absolute Gasteiger partial charge is 0.390 e. The van der Waals surface area contributed by atoms with Crippen molar-refractivity contribution in [3.05, 3.63) is 34.6 Å². The second-order valence-electron chi connectivity index (χ2n) is 3.58. The molecule has 0 fully saturated rings. The summed E-state index contributed by atoms with van der Waals surface area (Å²) in [5.74, 6) is -0.598. The van der Waals surface area contributed by atoms with Crippen LogP contribution in [0.5, 0.6) is 0 Å². The molecule has 0 saturated heterocycles. The van der Waals surface area contributed by atoms with E-state index in [1.807, 2.05) is 0 Å². The SMILES string of the molecule is CNCCC(O)C(O)c1ccc(Cl)c(F)c1. The summed E-state index contributed by atoms with van der Waals surface area (Å²) < 4.78 is 13.1. The van der Waals surface area contributed by atoms with E-state index in [1.54, 1.807) is 7.05 Å². The first kappa shape index (κ1) is 13.4. The molecular weight excluding hydrogens is 233 g/mol. The predicted molar refractivity (Wildman–Crippen MR) is 60.9 cm³/mol. The van der Waals surface area contributed by atoms with Crippen molar-refractivity contribution in [3.8, 4) is 0 Å². The van der Waals surface area contributed by atoms with Crippen LogP contribution in [0.2, 0.25) is 5.02 Å². The van der Waals surface area contributed by atoms with E-state index in [-0.39, 0.29) is 5.02 Å². The van der Waals surface area contributed by atoms with Gasteiger partial charge in [0.05, 0.1) is 11.1 Å². The second kappa shape index (κ2) is 6.15. The molecule has 3 N–H and O–H groups in total. The third kappa shape index (κ3) is 3.42. The van der Waals surface area contributed by atoms with Gasteiger partial charge in [-0.3, -0.25) is 0 Å². The van der Waals surface area contributed by atoms with E-state index in [0.717, 1.165) is 6.07 Å². The lowest BCUT2D eigenvalue weighted by atomic mass is 10.0. The monoisotopic (exact) mass is 247 g/mol. The van der Waals surface area contributed by atoms with Gasteiger partial charge >= 0.3 is 0 Å². The molecule has 1 aromatic rings. The summed E-state index contributed by atoms with van der Waals surface area (Å²) in [6, 6.07) is 3.99. The number of aliphatic hydroxyl groups is 2. The van der Waals surface area contributed by atoms with E-state index in [9.17, 15) is 14.6 Å². The molecule has 16 heavy (non-hydrogen) atoms. The average molecular weight is 248 g/mol. The minimum absolute atomic E-state index is 0.000615. The number of halogens is 2. The Kier molecular flexibility index (Phi) is 5.15. The lowest BCUT2D eigenvalue weighted by Gasteiger charge is -2.18. The van der Waals surface area contributed by atoms with E-state index >= 15 is 0 Å². The first-order valence-electron chi connectivity index (χ1n) is 5.02. The number of benzene rings is 1. The van der Waals surface area contributed by atoms with Crippen LogP contribution < -0.4 is 5.32 Å². The molecular formula is C11H15ClFNO2. The lowest BCUT2D eigenvalue weighted by molar-refractivity contribution is 0.0139. The summed E-state index contributed by atoms with van der Waals surface area (Å²) in [5, 5.41) is 22.2. The van der Waals surface area contributed by atoms with Crippen LogP contribution in [0.1, 0.15) is 18.1 Å². The van der Waals surface area contributed by atoms with Crippen molar-refractivity contribution in [2.24, 2.45) is 0 Å². The molecule has 0 aliphatic carbocycles. The average Bonchev–Trinajstić information content (AvgIpc) is 2.28. The van der Waals surface area contributed by atoms with Crippen molar-refractivity contribution in [1.29, 1.82) is 0 Å². The Labute approximate surface area is 98.9 Å². The zero-order valence-corrected chi connectivity index (χ0v) is 9.71. The van der Waals surface area contributed by atoms with Crippen LogP contribution in [-0.4, -0.2) is 29.9 Å². The Hall–Kier alpha value is -0.680. The summed E-state index contributed by atoms with van der Waals surface area (Å²) >= 11 is 5.52. The van der Waals surface area contributed by atoms with Crippen LogP contribution in [0.15, 0.2) is 18.2 Å². The van der Waals surface area contributed by atoms with E-state index in [0.29, 0.717) is 18.5 Å². The van der Waals surface area contributed by atoms with Gasteiger partial charge in [-0.05, 0) is 37.7 Å². The molecule has 2 unspecified atom stereocenters. The van der Waals surface area contributed by atoms with Crippen molar-refractivity contribution >= 4 is 11.6 Å². The number of nitrogens with one attached hydrogen (secondary N) is 1. The molecule has 2 atom stereocenters. The lowest BCUT2D eigenvalue weighted by Crippen LogP contribution is -2.23. The van der Waals surface area contributed by atoms with E-state index in [4.69, 9.17) is 11.6 Å². The molecule has 0 amide bonds. The quantitative estimate of drug-likeness (QED) is 0.739. The van der Waals surface area contributed by atoms with Crippen molar-refractivity contribution < 1.29 is 14.6 Å². The van der Waals surface area contributed by atoms with Crippen LogP contribution in [-0.2, 0) is 0 Å². The summed E-state index contributed by atoms with van der Waals surface area (Å²) in [4.78, 5) is 0. The Bertz CT molecular complexity index is 349. The molecule has 1 aromatic carbocycles. The van der Waals surface area contributed by atoms with Gasteiger partial charge in [-0.15, -0.1) is 0 Å². The van der Waals surface area contributed by atoms with Gasteiger partial charge in [-0.1, -0.05) is 17.7 Å². The fraction of sp³-hybridized carbons (Fsp3) is 0.455. The van der Waals surface area contributed by atoms with Gasteiger partial charge in [0.2, 0.25) is 0 Å². The third-order valence-corrected chi connectivity index (χ3v) is 2.65. The highest BCUT2D eigenvalue weighted by Gasteiger charge is 2.18. The van der Waals surface area contributed by atoms with E-state index in [1.165, 1.54) is 12.1 Å². The zero-order valence-electron chi connectivity index (χ0n) is 8.95. The van der Waals surface area contributed by atoms with Crippen LogP contribution >= 0.6 is 11.6 Å². The van der Waals surface area contributed by atoms with Crippen LogP contribution in [0.25, 0.3) is 0 Å². The minimum atomic E-state index is -1.10. The van der Waals surface area contributed by atoms with Gasteiger partial charge in [0.1, 0.15) is 11.9 Å². The topological polar surface area (TPSA) is 52.5 Å². The molecule has 0 saturated carbocycles. The fourth-order valence-corrected chi connectivity index (χ4v) is 1.49. The van der Waals surface area contributed by atoms with Gasteiger partial charge in [-0.25, -0.2) is 4.39 Å². The van der Waals surface area contributed by atoms with Crippen molar-refractivity contribution in [3.63, 3.8) is 0 Å². The first-order chi connectivity index (χ1) is 7.56. The predicted octanol–water partition coefficient (Wildman–Crippen LogP) is 1.48. The first-order valence-corrected chi connectivity index (χ1v) is 5.39. The van der Waals surface area contributed by atoms with Crippen molar-refractivity contribution in [1.82, 2.24) is 5.32 Å². The second-order valence-corrected chi connectivity index (χ2v) is 3.99.